The number of ether oxygens (including phenoxy) is 1. The van der Waals surface area contributed by atoms with E-state index in [9.17, 15) is 26.4 Å². The van der Waals surface area contributed by atoms with Gasteiger partial charge in [0.1, 0.15) is 5.75 Å². The Morgan fingerprint density at radius 1 is 1.21 bits per heavy atom. The molecule has 1 amide bonds. The summed E-state index contributed by atoms with van der Waals surface area (Å²) in [6, 6.07) is 3.78. The second-order valence-corrected chi connectivity index (χ2v) is 7.13. The van der Waals surface area contributed by atoms with Gasteiger partial charge in [0.2, 0.25) is 15.9 Å². The maximum Gasteiger partial charge on any atom is 0.573 e. The lowest BCUT2D eigenvalue weighted by atomic mass is 10.2. The van der Waals surface area contributed by atoms with Crippen LogP contribution in [0.1, 0.15) is 20.3 Å². The third-order valence-electron chi connectivity index (χ3n) is 2.72. The van der Waals surface area contributed by atoms with Gasteiger partial charge >= 0.3 is 6.36 Å². The normalized spacial score (nSPS) is 12.2. The fourth-order valence-corrected chi connectivity index (χ4v) is 2.64. The number of rotatable bonds is 8. The molecule has 0 aromatic heterocycles. The summed E-state index contributed by atoms with van der Waals surface area (Å²) in [7, 11) is -3.91. The average molecular weight is 368 g/mol. The van der Waals surface area contributed by atoms with Crippen molar-refractivity contribution < 1.29 is 31.1 Å². The van der Waals surface area contributed by atoms with E-state index in [0.29, 0.717) is 6.54 Å². The van der Waals surface area contributed by atoms with Crippen molar-refractivity contribution >= 4 is 15.9 Å². The Morgan fingerprint density at radius 2 is 1.79 bits per heavy atom. The van der Waals surface area contributed by atoms with Crippen LogP contribution in [0.3, 0.4) is 0 Å². The molecule has 2 N–H and O–H groups in total. The van der Waals surface area contributed by atoms with Gasteiger partial charge in [-0.25, -0.2) is 13.1 Å². The lowest BCUT2D eigenvalue weighted by Gasteiger charge is -2.10. The predicted octanol–water partition coefficient (Wildman–Crippen LogP) is 2.03. The van der Waals surface area contributed by atoms with E-state index in [1.54, 1.807) is 0 Å². The van der Waals surface area contributed by atoms with Gasteiger partial charge < -0.3 is 10.1 Å². The molecule has 1 aromatic carbocycles. The molecule has 136 valence electrons. The highest BCUT2D eigenvalue weighted by molar-refractivity contribution is 7.89. The number of sulfonamides is 1. The number of nitrogens with one attached hydrogen (secondary N) is 2. The first-order valence-electron chi connectivity index (χ1n) is 7.12. The first-order chi connectivity index (χ1) is 11.0. The fraction of sp³-hybridized carbons (Fsp3) is 0.500. The number of benzene rings is 1. The van der Waals surface area contributed by atoms with Crippen LogP contribution in [-0.4, -0.2) is 33.8 Å². The molecule has 0 aliphatic rings. The number of hydrogen-bond acceptors (Lipinski definition) is 4. The molecule has 6 nitrogen and oxygen atoms in total. The standard InChI is InChI=1S/C14H19F3N2O4S/c1-10(2)9-18-13(20)7-8-19-24(21,22)12-5-3-11(4-6-12)23-14(15,16)17/h3-6,10,19H,7-9H2,1-2H3,(H,18,20). The van der Waals surface area contributed by atoms with E-state index in [1.807, 2.05) is 13.8 Å². The highest BCUT2D eigenvalue weighted by atomic mass is 32.2. The van der Waals surface area contributed by atoms with Crippen LogP contribution in [0.25, 0.3) is 0 Å². The van der Waals surface area contributed by atoms with Gasteiger partial charge in [-0.05, 0) is 30.2 Å². The predicted molar refractivity (Wildman–Crippen MR) is 80.8 cm³/mol. The molecule has 0 bridgehead atoms. The Hall–Kier alpha value is -1.81. The molecule has 24 heavy (non-hydrogen) atoms. The Bertz CT molecular complexity index is 643. The monoisotopic (exact) mass is 368 g/mol. The minimum atomic E-state index is -4.85. The number of hydrogen-bond donors (Lipinski definition) is 2. The minimum Gasteiger partial charge on any atom is -0.406 e. The molecular formula is C14H19F3N2O4S. The van der Waals surface area contributed by atoms with Gasteiger partial charge in [-0.1, -0.05) is 13.8 Å². The summed E-state index contributed by atoms with van der Waals surface area (Å²) < 4.78 is 65.9. The van der Waals surface area contributed by atoms with E-state index >= 15 is 0 Å². The van der Waals surface area contributed by atoms with Crippen LogP contribution in [0.4, 0.5) is 13.2 Å². The molecule has 0 radical (unpaired) electrons. The van der Waals surface area contributed by atoms with Gasteiger partial charge in [0.05, 0.1) is 4.90 Å². The highest BCUT2D eigenvalue weighted by Gasteiger charge is 2.31. The maximum absolute atomic E-state index is 12.0. The van der Waals surface area contributed by atoms with Crippen molar-refractivity contribution in [2.45, 2.75) is 31.5 Å². The van der Waals surface area contributed by atoms with Crippen LogP contribution < -0.4 is 14.8 Å². The Labute approximate surface area is 138 Å². The summed E-state index contributed by atoms with van der Waals surface area (Å²) in [6.07, 6.45) is -4.89. The molecule has 0 saturated heterocycles. The quantitative estimate of drug-likeness (QED) is 0.735. The van der Waals surface area contributed by atoms with Gasteiger partial charge in [0, 0.05) is 19.5 Å². The van der Waals surface area contributed by atoms with Crippen LogP contribution in [-0.2, 0) is 14.8 Å². The SMILES string of the molecule is CC(C)CNC(=O)CCNS(=O)(=O)c1ccc(OC(F)(F)F)cc1. The molecule has 1 rings (SSSR count). The summed E-state index contributed by atoms with van der Waals surface area (Å²) in [5.74, 6) is -0.530. The molecule has 0 fully saturated rings. The average Bonchev–Trinajstić information content (AvgIpc) is 2.43. The van der Waals surface area contributed by atoms with Gasteiger partial charge in [0.15, 0.2) is 0 Å². The van der Waals surface area contributed by atoms with Crippen molar-refractivity contribution in [2.75, 3.05) is 13.1 Å². The first kappa shape index (κ1) is 20.2. The molecule has 1 aromatic rings. The summed E-state index contributed by atoms with van der Waals surface area (Å²) in [5, 5.41) is 2.64. The maximum atomic E-state index is 12.0. The molecule has 0 unspecified atom stereocenters. The third-order valence-corrected chi connectivity index (χ3v) is 4.20. The van der Waals surface area contributed by atoms with Crippen LogP contribution in [0.2, 0.25) is 0 Å². The van der Waals surface area contributed by atoms with Gasteiger partial charge in [-0.15, -0.1) is 13.2 Å². The Balaban J connectivity index is 2.55. The summed E-state index contributed by atoms with van der Waals surface area (Å²) in [4.78, 5) is 11.3. The Morgan fingerprint density at radius 3 is 2.29 bits per heavy atom. The summed E-state index contributed by atoms with van der Waals surface area (Å²) >= 11 is 0. The third kappa shape index (κ3) is 7.64. The largest absolute Gasteiger partial charge is 0.573 e. The Kier molecular flexibility index (Phi) is 7.03. The molecule has 0 atom stereocenters. The number of amides is 1. The molecule has 0 saturated carbocycles. The molecule has 10 heteroatoms. The van der Waals surface area contributed by atoms with Gasteiger partial charge in [0.25, 0.3) is 0 Å². The zero-order chi connectivity index (χ0) is 18.4. The molecule has 0 aliphatic heterocycles. The lowest BCUT2D eigenvalue weighted by Crippen LogP contribution is -2.32. The van der Waals surface area contributed by atoms with E-state index in [4.69, 9.17) is 0 Å². The summed E-state index contributed by atoms with van der Waals surface area (Å²) in [6.45, 7) is 4.23. The fourth-order valence-electron chi connectivity index (χ4n) is 1.61. The van der Waals surface area contributed by atoms with Crippen LogP contribution in [0, 0.1) is 5.92 Å². The van der Waals surface area contributed by atoms with Crippen molar-refractivity contribution in [1.82, 2.24) is 10.0 Å². The van der Waals surface area contributed by atoms with Crippen molar-refractivity contribution in [3.8, 4) is 5.75 Å². The zero-order valence-electron chi connectivity index (χ0n) is 13.2. The molecule has 0 aliphatic carbocycles. The van der Waals surface area contributed by atoms with E-state index < -0.39 is 22.1 Å². The van der Waals surface area contributed by atoms with Crippen LogP contribution in [0.5, 0.6) is 5.75 Å². The lowest BCUT2D eigenvalue weighted by molar-refractivity contribution is -0.274. The second kappa shape index (κ2) is 8.34. The van der Waals surface area contributed by atoms with Crippen LogP contribution in [0.15, 0.2) is 29.2 Å². The van der Waals surface area contributed by atoms with Crippen molar-refractivity contribution in [2.24, 2.45) is 5.92 Å². The van der Waals surface area contributed by atoms with Crippen molar-refractivity contribution in [3.05, 3.63) is 24.3 Å². The second-order valence-electron chi connectivity index (χ2n) is 5.36. The van der Waals surface area contributed by atoms with Crippen molar-refractivity contribution in [1.29, 1.82) is 0 Å². The van der Waals surface area contributed by atoms with Crippen LogP contribution >= 0.6 is 0 Å². The minimum absolute atomic E-state index is 0.0405. The number of carbonyl (C=O) groups excluding carboxylic acids is 1. The van der Waals surface area contributed by atoms with Gasteiger partial charge in [-0.3, -0.25) is 4.79 Å². The van der Waals surface area contributed by atoms with Gasteiger partial charge in [-0.2, -0.15) is 0 Å². The van der Waals surface area contributed by atoms with E-state index in [0.717, 1.165) is 24.3 Å². The smallest absolute Gasteiger partial charge is 0.406 e. The number of carbonyl (C=O) groups is 1. The van der Waals surface area contributed by atoms with E-state index in [1.165, 1.54) is 0 Å². The summed E-state index contributed by atoms with van der Waals surface area (Å²) in [5.41, 5.74) is 0. The number of halogens is 3. The van der Waals surface area contributed by atoms with E-state index in [2.05, 4.69) is 14.8 Å². The molecular weight excluding hydrogens is 349 g/mol. The number of alkyl halides is 3. The zero-order valence-corrected chi connectivity index (χ0v) is 14.0. The topological polar surface area (TPSA) is 84.5 Å². The molecule has 0 spiro atoms. The molecule has 0 heterocycles. The van der Waals surface area contributed by atoms with Crippen molar-refractivity contribution in [3.63, 3.8) is 0 Å². The first-order valence-corrected chi connectivity index (χ1v) is 8.60. The highest BCUT2D eigenvalue weighted by Crippen LogP contribution is 2.23. The van der Waals surface area contributed by atoms with E-state index in [-0.39, 0.29) is 29.7 Å².